The molecule has 0 saturated carbocycles. The average molecular weight is 397 g/mol. The van der Waals surface area contributed by atoms with E-state index in [-0.39, 0.29) is 6.10 Å². The molecule has 2 aliphatic rings. The minimum Gasteiger partial charge on any atom is -0.489 e. The number of hydrogen-bond acceptors (Lipinski definition) is 2. The fourth-order valence-electron chi connectivity index (χ4n) is 3.91. The second kappa shape index (κ2) is 6.66. The molecule has 4 rings (SSSR count). The van der Waals surface area contributed by atoms with Crippen molar-refractivity contribution >= 4 is 34.8 Å². The number of piperidine rings is 1. The van der Waals surface area contributed by atoms with E-state index < -0.39 is 0 Å². The Balaban J connectivity index is 1.91. The van der Waals surface area contributed by atoms with Crippen molar-refractivity contribution in [2.24, 2.45) is 0 Å². The summed E-state index contributed by atoms with van der Waals surface area (Å²) >= 11 is 19.0. The molecule has 2 nitrogen and oxygen atoms in total. The van der Waals surface area contributed by atoms with Crippen molar-refractivity contribution in [3.8, 4) is 16.9 Å². The van der Waals surface area contributed by atoms with E-state index in [0.29, 0.717) is 26.9 Å². The zero-order valence-electron chi connectivity index (χ0n) is 14.2. The Bertz CT molecular complexity index is 811. The molecule has 25 heavy (non-hydrogen) atoms. The molecule has 1 N–H and O–H groups in total. The lowest BCUT2D eigenvalue weighted by Gasteiger charge is -2.25. The molecule has 2 unspecified atom stereocenters. The molecule has 1 fully saturated rings. The summed E-state index contributed by atoms with van der Waals surface area (Å²) in [6.45, 7) is 6.33. The van der Waals surface area contributed by atoms with Crippen LogP contribution in [0.4, 0.5) is 0 Å². The summed E-state index contributed by atoms with van der Waals surface area (Å²) in [6.07, 6.45) is 1.30. The molecule has 1 saturated heterocycles. The molecule has 0 spiro atoms. The lowest BCUT2D eigenvalue weighted by Crippen LogP contribution is -2.37. The number of benzene rings is 2. The summed E-state index contributed by atoms with van der Waals surface area (Å²) in [5.41, 5.74) is 4.35. The van der Waals surface area contributed by atoms with Crippen LogP contribution in [0.2, 0.25) is 15.1 Å². The quantitative estimate of drug-likeness (QED) is 0.645. The fourth-order valence-corrected chi connectivity index (χ4v) is 4.95. The molecular weight excluding hydrogens is 377 g/mol. The maximum Gasteiger partial charge on any atom is 0.126 e. The number of nitrogens with one attached hydrogen (secondary N) is 1. The van der Waals surface area contributed by atoms with E-state index in [9.17, 15) is 0 Å². The third kappa shape index (κ3) is 3.04. The Labute approximate surface area is 163 Å². The van der Waals surface area contributed by atoms with Gasteiger partial charge in [0.2, 0.25) is 0 Å². The van der Waals surface area contributed by atoms with Crippen LogP contribution in [0, 0.1) is 0 Å². The van der Waals surface area contributed by atoms with Gasteiger partial charge in [0.05, 0.1) is 10.0 Å². The van der Waals surface area contributed by atoms with Crippen LogP contribution in [0.25, 0.3) is 11.1 Å². The molecule has 5 heteroatoms. The van der Waals surface area contributed by atoms with Crippen molar-refractivity contribution < 1.29 is 4.74 Å². The van der Waals surface area contributed by atoms with E-state index >= 15 is 0 Å². The second-order valence-corrected chi connectivity index (χ2v) is 8.39. The fraction of sp³-hybridized carbons (Fsp3) is 0.400. The molecule has 132 valence electrons. The molecule has 2 heterocycles. The average Bonchev–Trinajstić information content (AvgIpc) is 2.91. The van der Waals surface area contributed by atoms with Crippen molar-refractivity contribution in [3.63, 3.8) is 0 Å². The summed E-state index contributed by atoms with van der Waals surface area (Å²) in [6, 6.07) is 7.84. The van der Waals surface area contributed by atoms with Crippen LogP contribution in [0.15, 0.2) is 24.3 Å². The van der Waals surface area contributed by atoms with E-state index in [2.05, 4.69) is 31.3 Å². The standard InChI is InChI=1S/C20H20Cl3NO/c1-10(2)13-5-11(19-16(22)7-12(21)8-17(19)23)6-14-15-9-24-4-3-18(15)25-20(13)14/h5-8,10,15,18,24H,3-4,9H2,1-2H3. The van der Waals surface area contributed by atoms with E-state index in [4.69, 9.17) is 39.5 Å². The zero-order valence-corrected chi connectivity index (χ0v) is 16.5. The molecule has 0 aliphatic carbocycles. The predicted octanol–water partition coefficient (Wildman–Crippen LogP) is 6.28. The van der Waals surface area contributed by atoms with Crippen molar-refractivity contribution in [2.45, 2.75) is 38.2 Å². The topological polar surface area (TPSA) is 21.3 Å². The first-order valence-corrected chi connectivity index (χ1v) is 9.79. The number of halogens is 3. The largest absolute Gasteiger partial charge is 0.489 e. The minimum absolute atomic E-state index is 0.264. The number of ether oxygens (including phenoxy) is 1. The summed E-state index contributed by atoms with van der Waals surface area (Å²) in [4.78, 5) is 0. The number of fused-ring (bicyclic) bond motifs is 3. The van der Waals surface area contributed by atoms with Crippen molar-refractivity contribution in [1.82, 2.24) is 5.32 Å². The highest BCUT2D eigenvalue weighted by Crippen LogP contribution is 2.48. The first-order valence-electron chi connectivity index (χ1n) is 8.66. The molecule has 2 aromatic rings. The molecule has 0 bridgehead atoms. The van der Waals surface area contributed by atoms with Gasteiger partial charge in [0.1, 0.15) is 11.9 Å². The Morgan fingerprint density at radius 1 is 1.08 bits per heavy atom. The lowest BCUT2D eigenvalue weighted by molar-refractivity contribution is 0.171. The van der Waals surface area contributed by atoms with Crippen molar-refractivity contribution in [3.05, 3.63) is 50.5 Å². The normalized spacial score (nSPS) is 21.8. The van der Waals surface area contributed by atoms with Crippen LogP contribution in [-0.4, -0.2) is 19.2 Å². The molecule has 2 aromatic carbocycles. The lowest BCUT2D eigenvalue weighted by atomic mass is 9.86. The van der Waals surface area contributed by atoms with Gasteiger partial charge >= 0.3 is 0 Å². The van der Waals surface area contributed by atoms with Crippen LogP contribution < -0.4 is 10.1 Å². The minimum atomic E-state index is 0.264. The van der Waals surface area contributed by atoms with Gasteiger partial charge in [-0.05, 0) is 54.3 Å². The third-order valence-corrected chi connectivity index (χ3v) is 5.97. The highest BCUT2D eigenvalue weighted by Gasteiger charge is 2.38. The highest BCUT2D eigenvalue weighted by atomic mass is 35.5. The van der Waals surface area contributed by atoms with Gasteiger partial charge in [0, 0.05) is 28.6 Å². The zero-order chi connectivity index (χ0) is 17.7. The van der Waals surface area contributed by atoms with Gasteiger partial charge in [-0.15, -0.1) is 0 Å². The summed E-state index contributed by atoms with van der Waals surface area (Å²) in [5.74, 6) is 1.79. The maximum absolute atomic E-state index is 6.48. The van der Waals surface area contributed by atoms with Crippen LogP contribution in [0.5, 0.6) is 5.75 Å². The Morgan fingerprint density at radius 2 is 1.80 bits per heavy atom. The third-order valence-electron chi connectivity index (χ3n) is 5.15. The first kappa shape index (κ1) is 17.5. The van der Waals surface area contributed by atoms with Gasteiger partial charge in [-0.2, -0.15) is 0 Å². The highest BCUT2D eigenvalue weighted by molar-refractivity contribution is 6.41. The molecule has 0 amide bonds. The predicted molar refractivity (Wildman–Crippen MR) is 106 cm³/mol. The molecule has 2 aliphatic heterocycles. The maximum atomic E-state index is 6.48. The monoisotopic (exact) mass is 395 g/mol. The molecule has 2 atom stereocenters. The summed E-state index contributed by atoms with van der Waals surface area (Å²) in [7, 11) is 0. The van der Waals surface area contributed by atoms with E-state index in [1.165, 1.54) is 11.1 Å². The van der Waals surface area contributed by atoms with Gasteiger partial charge in [-0.3, -0.25) is 0 Å². The van der Waals surface area contributed by atoms with Gasteiger partial charge in [-0.25, -0.2) is 0 Å². The van der Waals surface area contributed by atoms with E-state index in [1.54, 1.807) is 12.1 Å². The Hall–Kier alpha value is -0.930. The van der Waals surface area contributed by atoms with Gasteiger partial charge in [0.25, 0.3) is 0 Å². The molecular formula is C20H20Cl3NO. The Kier molecular flexibility index (Phi) is 4.66. The van der Waals surface area contributed by atoms with Crippen LogP contribution in [0.1, 0.15) is 43.2 Å². The van der Waals surface area contributed by atoms with Crippen LogP contribution in [0.3, 0.4) is 0 Å². The number of hydrogen-bond donors (Lipinski definition) is 1. The van der Waals surface area contributed by atoms with Crippen molar-refractivity contribution in [1.29, 1.82) is 0 Å². The van der Waals surface area contributed by atoms with Gasteiger partial charge in [0.15, 0.2) is 0 Å². The molecule has 0 aromatic heterocycles. The summed E-state index contributed by atoms with van der Waals surface area (Å²) < 4.78 is 6.35. The Morgan fingerprint density at radius 3 is 2.48 bits per heavy atom. The van der Waals surface area contributed by atoms with Gasteiger partial charge in [-0.1, -0.05) is 48.7 Å². The second-order valence-electron chi connectivity index (χ2n) is 7.14. The molecule has 0 radical (unpaired) electrons. The SMILES string of the molecule is CC(C)c1cc(-c2c(Cl)cc(Cl)cc2Cl)cc2c1OC1CCNCC21. The van der Waals surface area contributed by atoms with Gasteiger partial charge < -0.3 is 10.1 Å². The van der Waals surface area contributed by atoms with Crippen LogP contribution in [-0.2, 0) is 0 Å². The summed E-state index contributed by atoms with van der Waals surface area (Å²) in [5, 5.41) is 5.18. The van der Waals surface area contributed by atoms with E-state index in [1.807, 2.05) is 0 Å². The van der Waals surface area contributed by atoms with Crippen LogP contribution >= 0.6 is 34.8 Å². The smallest absolute Gasteiger partial charge is 0.126 e. The van der Waals surface area contributed by atoms with Crippen molar-refractivity contribution in [2.75, 3.05) is 13.1 Å². The first-order chi connectivity index (χ1) is 12.0. The number of rotatable bonds is 2. The van der Waals surface area contributed by atoms with E-state index in [0.717, 1.165) is 36.4 Å².